The first kappa shape index (κ1) is 13.0. The molecule has 0 spiro atoms. The van der Waals surface area contributed by atoms with Gasteiger partial charge in [0.2, 0.25) is 0 Å². The summed E-state index contributed by atoms with van der Waals surface area (Å²) in [6.07, 6.45) is 3.08. The summed E-state index contributed by atoms with van der Waals surface area (Å²) in [4.78, 5) is 14.4. The molecule has 0 unspecified atom stereocenters. The van der Waals surface area contributed by atoms with E-state index < -0.39 is 5.97 Å². The Kier molecular flexibility index (Phi) is 4.73. The van der Waals surface area contributed by atoms with Gasteiger partial charge in [0.15, 0.2) is 5.82 Å². The summed E-state index contributed by atoms with van der Waals surface area (Å²) in [6, 6.07) is 9.59. The van der Waals surface area contributed by atoms with E-state index in [0.29, 0.717) is 6.54 Å². The molecule has 1 heterocycles. The third kappa shape index (κ3) is 2.95. The van der Waals surface area contributed by atoms with Gasteiger partial charge in [-0.05, 0) is 5.56 Å². The molecular weight excluding hydrogens is 215 g/mol. The van der Waals surface area contributed by atoms with Crippen LogP contribution in [0.5, 0.6) is 0 Å². The van der Waals surface area contributed by atoms with Crippen molar-refractivity contribution < 1.29 is 39.5 Å². The van der Waals surface area contributed by atoms with Crippen molar-refractivity contribution in [2.45, 2.75) is 6.54 Å². The molecule has 4 nitrogen and oxygen atoms in total. The maximum atomic E-state index is 10.7. The molecule has 0 aliphatic carbocycles. The third-order valence-corrected chi connectivity index (χ3v) is 2.09. The number of carbonyl (C=O) groups excluding carboxylic acids is 1. The summed E-state index contributed by atoms with van der Waals surface area (Å²) in [6.45, 7) is 0.490. The molecule has 0 aliphatic heterocycles. The fourth-order valence-electron chi connectivity index (χ4n) is 1.41. The van der Waals surface area contributed by atoms with E-state index in [-0.39, 0.29) is 35.4 Å². The summed E-state index contributed by atoms with van der Waals surface area (Å²) in [5, 5.41) is 10.7. The van der Waals surface area contributed by atoms with Crippen LogP contribution in [0.1, 0.15) is 16.2 Å². The van der Waals surface area contributed by atoms with Crippen molar-refractivity contribution >= 4 is 5.97 Å². The zero-order valence-electron chi connectivity index (χ0n) is 8.96. The van der Waals surface area contributed by atoms with Crippen molar-refractivity contribution in [3.63, 3.8) is 0 Å². The zero-order valence-corrected chi connectivity index (χ0v) is 11.0. The molecule has 0 amide bonds. The number of hydrogen-bond acceptors (Lipinski definition) is 3. The predicted molar refractivity (Wildman–Crippen MR) is 52.1 cm³/mol. The number of carboxylic acids is 1. The van der Waals surface area contributed by atoms with Gasteiger partial charge >= 0.3 is 29.6 Å². The Hall–Kier alpha value is -1.10. The molecule has 5 heteroatoms. The molecule has 0 fully saturated rings. The molecule has 0 atom stereocenters. The predicted octanol–water partition coefficient (Wildman–Crippen LogP) is -2.70. The second-order valence-electron chi connectivity index (χ2n) is 3.15. The van der Waals surface area contributed by atoms with E-state index in [0.717, 1.165) is 5.56 Å². The van der Waals surface area contributed by atoms with Crippen LogP contribution in [0.25, 0.3) is 0 Å². The standard InChI is InChI=1S/C11H10N2O2.Na/c14-11(15)10-12-6-7-13(10)8-9-4-2-1-3-5-9;/h1-7H,8H2,(H,14,15);/q;+1/p-1. The van der Waals surface area contributed by atoms with Gasteiger partial charge in [-0.1, -0.05) is 30.3 Å². The molecule has 1 aromatic heterocycles. The van der Waals surface area contributed by atoms with E-state index in [1.807, 2.05) is 30.3 Å². The molecule has 16 heavy (non-hydrogen) atoms. The van der Waals surface area contributed by atoms with E-state index in [9.17, 15) is 9.90 Å². The number of nitrogens with zero attached hydrogens (tertiary/aromatic N) is 2. The molecule has 0 radical (unpaired) electrons. The number of aromatic nitrogens is 2. The third-order valence-electron chi connectivity index (χ3n) is 2.09. The Morgan fingerprint density at radius 1 is 1.31 bits per heavy atom. The monoisotopic (exact) mass is 224 g/mol. The molecule has 2 aromatic rings. The van der Waals surface area contributed by atoms with Gasteiger partial charge in [0.25, 0.3) is 0 Å². The Balaban J connectivity index is 0.00000128. The minimum absolute atomic E-state index is 0. The molecule has 0 bridgehead atoms. The number of hydrogen-bond donors (Lipinski definition) is 0. The topological polar surface area (TPSA) is 57.9 Å². The number of aromatic carboxylic acids is 1. The molecule has 0 aliphatic rings. The largest absolute Gasteiger partial charge is 1.00 e. The Labute approximate surface area is 115 Å². The molecule has 0 saturated heterocycles. The van der Waals surface area contributed by atoms with E-state index in [4.69, 9.17) is 0 Å². The van der Waals surface area contributed by atoms with Gasteiger partial charge in [0.1, 0.15) is 5.97 Å². The van der Waals surface area contributed by atoms with Crippen molar-refractivity contribution in [2.75, 3.05) is 0 Å². The van der Waals surface area contributed by atoms with E-state index in [1.165, 1.54) is 6.20 Å². The quantitative estimate of drug-likeness (QED) is 0.533. The molecule has 0 N–H and O–H groups in total. The Bertz CT molecular complexity index is 468. The number of benzene rings is 1. The van der Waals surface area contributed by atoms with Gasteiger partial charge in [0, 0.05) is 18.9 Å². The van der Waals surface area contributed by atoms with Crippen LogP contribution in [-0.2, 0) is 6.54 Å². The fraction of sp³-hybridized carbons (Fsp3) is 0.0909. The maximum Gasteiger partial charge on any atom is 1.00 e. The first-order valence-electron chi connectivity index (χ1n) is 4.54. The Morgan fingerprint density at radius 2 is 2.00 bits per heavy atom. The maximum absolute atomic E-state index is 10.7. The SMILES string of the molecule is O=C([O-])c1nccn1Cc1ccccc1.[Na+]. The van der Waals surface area contributed by atoms with Crippen LogP contribution < -0.4 is 34.7 Å². The summed E-state index contributed by atoms with van der Waals surface area (Å²) >= 11 is 0. The van der Waals surface area contributed by atoms with Gasteiger partial charge in [-0.3, -0.25) is 0 Å². The molecule has 2 rings (SSSR count). The van der Waals surface area contributed by atoms with Crippen molar-refractivity contribution in [2.24, 2.45) is 0 Å². The second kappa shape index (κ2) is 5.84. The summed E-state index contributed by atoms with van der Waals surface area (Å²) in [5.74, 6) is -1.30. The van der Waals surface area contributed by atoms with Crippen LogP contribution in [0.15, 0.2) is 42.7 Å². The number of carboxylic acid groups (broad SMARTS) is 1. The van der Waals surface area contributed by atoms with Crippen LogP contribution in [0.4, 0.5) is 0 Å². The minimum Gasteiger partial charge on any atom is -0.542 e. The van der Waals surface area contributed by atoms with Gasteiger partial charge in [-0.15, -0.1) is 0 Å². The minimum atomic E-state index is -1.25. The second-order valence-corrected chi connectivity index (χ2v) is 3.15. The first-order chi connectivity index (χ1) is 7.27. The fourth-order valence-corrected chi connectivity index (χ4v) is 1.41. The summed E-state index contributed by atoms with van der Waals surface area (Å²) in [5.41, 5.74) is 1.03. The normalized spacial score (nSPS) is 9.50. The van der Waals surface area contributed by atoms with Gasteiger partial charge in [-0.2, -0.15) is 0 Å². The van der Waals surface area contributed by atoms with Gasteiger partial charge in [0.05, 0.1) is 0 Å². The van der Waals surface area contributed by atoms with Crippen LogP contribution in [0.3, 0.4) is 0 Å². The summed E-state index contributed by atoms with van der Waals surface area (Å²) < 4.78 is 1.55. The number of rotatable bonds is 3. The molecule has 0 saturated carbocycles. The molecular formula is C11H9N2NaO2. The van der Waals surface area contributed by atoms with Crippen LogP contribution in [0, 0.1) is 0 Å². The van der Waals surface area contributed by atoms with Crippen LogP contribution >= 0.6 is 0 Å². The average molecular weight is 224 g/mol. The van der Waals surface area contributed by atoms with Crippen molar-refractivity contribution in [3.05, 3.63) is 54.1 Å². The molecule has 76 valence electrons. The van der Waals surface area contributed by atoms with E-state index in [2.05, 4.69) is 4.98 Å². The molecule has 1 aromatic carbocycles. The van der Waals surface area contributed by atoms with Crippen molar-refractivity contribution in [1.82, 2.24) is 9.55 Å². The zero-order chi connectivity index (χ0) is 10.7. The van der Waals surface area contributed by atoms with E-state index in [1.54, 1.807) is 10.8 Å². The Morgan fingerprint density at radius 3 is 2.62 bits per heavy atom. The first-order valence-corrected chi connectivity index (χ1v) is 4.54. The van der Waals surface area contributed by atoms with E-state index >= 15 is 0 Å². The van der Waals surface area contributed by atoms with Crippen molar-refractivity contribution in [1.29, 1.82) is 0 Å². The average Bonchev–Trinajstić information content (AvgIpc) is 2.67. The van der Waals surface area contributed by atoms with Gasteiger partial charge < -0.3 is 14.5 Å². The number of imidazole rings is 1. The number of carbonyl (C=O) groups is 1. The van der Waals surface area contributed by atoms with Crippen LogP contribution in [0.2, 0.25) is 0 Å². The summed E-state index contributed by atoms with van der Waals surface area (Å²) in [7, 11) is 0. The smallest absolute Gasteiger partial charge is 0.542 e. The van der Waals surface area contributed by atoms with Crippen LogP contribution in [-0.4, -0.2) is 15.5 Å². The van der Waals surface area contributed by atoms with Crippen molar-refractivity contribution in [3.8, 4) is 0 Å². The van der Waals surface area contributed by atoms with Gasteiger partial charge in [-0.25, -0.2) is 4.98 Å².